The first-order chi connectivity index (χ1) is 19.3. The second-order valence-electron chi connectivity index (χ2n) is 10.1. The summed E-state index contributed by atoms with van der Waals surface area (Å²) < 4.78 is 21.6. The Kier molecular flexibility index (Phi) is 9.84. The molecule has 0 unspecified atom stereocenters. The van der Waals surface area contributed by atoms with E-state index in [1.165, 1.54) is 0 Å². The van der Waals surface area contributed by atoms with Gasteiger partial charge in [-0.05, 0) is 67.4 Å². The maximum Gasteiger partial charge on any atom is 0.234 e. The van der Waals surface area contributed by atoms with Crippen LogP contribution in [-0.2, 0) is 9.59 Å². The number of piperazine rings is 1. The number of likely N-dealkylation sites (N-methyl/N-ethyl adjacent to an activating group) is 1. The first-order valence-corrected chi connectivity index (χ1v) is 13.4. The van der Waals surface area contributed by atoms with E-state index in [-0.39, 0.29) is 17.7 Å². The number of ketones is 1. The molecule has 0 atom stereocenters. The summed E-state index contributed by atoms with van der Waals surface area (Å²) in [5.74, 6) is 2.32. The van der Waals surface area contributed by atoms with Crippen molar-refractivity contribution in [1.82, 2.24) is 15.1 Å². The van der Waals surface area contributed by atoms with Crippen molar-refractivity contribution in [3.05, 3.63) is 58.7 Å². The Labute approximate surface area is 236 Å². The number of rotatable bonds is 9. The molecule has 0 radical (unpaired) electrons. The Morgan fingerprint density at radius 1 is 0.800 bits per heavy atom. The molecule has 1 N–H and O–H groups in total. The van der Waals surface area contributed by atoms with Crippen molar-refractivity contribution < 1.29 is 28.5 Å². The topological polar surface area (TPSA) is 89.6 Å². The molecule has 214 valence electrons. The number of Topliss-reactive ketones (excluding diaryl/α,β-unsaturated/α-hetero) is 1. The minimum Gasteiger partial charge on any atom is -0.493 e. The molecule has 9 heteroatoms. The normalized spacial score (nSPS) is 20.4. The van der Waals surface area contributed by atoms with Crippen LogP contribution in [0.3, 0.4) is 0 Å². The third-order valence-electron chi connectivity index (χ3n) is 7.34. The standard InChI is InChI=1S/C31H39N3O6/c1-33-10-12-34(13-11-33)20-30(35)32-25-18-23(14-21-6-8-26(37-2)28(16-21)39-4)31(36)24(19-25)15-22-7-9-27(38-3)29(17-22)40-5/h6-9,14-17,25H,10-13,18-20H2,1-5H3,(H,32,35)/b23-14+,24-15+. The second-order valence-corrected chi connectivity index (χ2v) is 10.1. The van der Waals surface area contributed by atoms with Gasteiger partial charge in [-0.3, -0.25) is 14.5 Å². The van der Waals surface area contributed by atoms with Crippen LogP contribution < -0.4 is 24.3 Å². The number of carbonyl (C=O) groups is 2. The van der Waals surface area contributed by atoms with Gasteiger partial charge in [0.15, 0.2) is 28.8 Å². The monoisotopic (exact) mass is 549 g/mol. The number of hydrogen-bond acceptors (Lipinski definition) is 8. The average molecular weight is 550 g/mol. The SMILES string of the molecule is COc1ccc(/C=C2\CC(NC(=O)CN3CCN(C)CC3)C/C(=C\c3ccc(OC)c(OC)c3)C2=O)cc1OC. The van der Waals surface area contributed by atoms with Gasteiger partial charge in [0.05, 0.1) is 35.0 Å². The van der Waals surface area contributed by atoms with E-state index >= 15 is 0 Å². The van der Waals surface area contributed by atoms with Crippen molar-refractivity contribution in [2.75, 3.05) is 68.2 Å². The van der Waals surface area contributed by atoms with Crippen molar-refractivity contribution >= 4 is 23.8 Å². The first-order valence-electron chi connectivity index (χ1n) is 13.4. The van der Waals surface area contributed by atoms with Crippen LogP contribution in [0.25, 0.3) is 12.2 Å². The summed E-state index contributed by atoms with van der Waals surface area (Å²) in [7, 11) is 8.42. The molecule has 0 spiro atoms. The van der Waals surface area contributed by atoms with Crippen LogP contribution in [0.2, 0.25) is 0 Å². The van der Waals surface area contributed by atoms with Gasteiger partial charge in [0.25, 0.3) is 0 Å². The molecule has 2 aliphatic rings. The second kappa shape index (κ2) is 13.5. The number of methoxy groups -OCH3 is 4. The molecule has 1 saturated heterocycles. The summed E-state index contributed by atoms with van der Waals surface area (Å²) in [5, 5.41) is 3.19. The summed E-state index contributed by atoms with van der Waals surface area (Å²) in [6.45, 7) is 3.97. The van der Waals surface area contributed by atoms with E-state index in [1.54, 1.807) is 28.4 Å². The molecule has 1 aliphatic carbocycles. The summed E-state index contributed by atoms with van der Waals surface area (Å²) in [4.78, 5) is 31.2. The van der Waals surface area contributed by atoms with Gasteiger partial charge >= 0.3 is 0 Å². The minimum atomic E-state index is -0.213. The average Bonchev–Trinajstić information content (AvgIpc) is 2.96. The van der Waals surface area contributed by atoms with E-state index in [1.807, 2.05) is 48.6 Å². The van der Waals surface area contributed by atoms with Crippen LogP contribution in [0.15, 0.2) is 47.5 Å². The van der Waals surface area contributed by atoms with Crippen LogP contribution in [0.4, 0.5) is 0 Å². The van der Waals surface area contributed by atoms with Crippen LogP contribution in [-0.4, -0.2) is 95.7 Å². The third kappa shape index (κ3) is 7.22. The van der Waals surface area contributed by atoms with Crippen LogP contribution in [0.1, 0.15) is 24.0 Å². The van der Waals surface area contributed by atoms with Crippen molar-refractivity contribution in [3.63, 3.8) is 0 Å². The number of benzene rings is 2. The lowest BCUT2D eigenvalue weighted by Gasteiger charge is -2.33. The van der Waals surface area contributed by atoms with Crippen molar-refractivity contribution in [1.29, 1.82) is 0 Å². The Hall–Kier alpha value is -3.82. The number of hydrogen-bond donors (Lipinski definition) is 1. The van der Waals surface area contributed by atoms with Gasteiger partial charge in [0.1, 0.15) is 0 Å². The highest BCUT2D eigenvalue weighted by Gasteiger charge is 2.29. The van der Waals surface area contributed by atoms with Crippen LogP contribution in [0, 0.1) is 0 Å². The summed E-state index contributed by atoms with van der Waals surface area (Å²) >= 11 is 0. The third-order valence-corrected chi connectivity index (χ3v) is 7.34. The number of amides is 1. The number of ether oxygens (including phenoxy) is 4. The van der Waals surface area contributed by atoms with Gasteiger partial charge in [0, 0.05) is 43.4 Å². The number of carbonyl (C=O) groups excluding carboxylic acids is 2. The molecule has 0 aromatic heterocycles. The van der Waals surface area contributed by atoms with E-state index in [4.69, 9.17) is 18.9 Å². The van der Waals surface area contributed by atoms with E-state index < -0.39 is 0 Å². The Balaban J connectivity index is 1.61. The fourth-order valence-electron chi connectivity index (χ4n) is 5.12. The minimum absolute atomic E-state index is 0.0279. The molecular weight excluding hydrogens is 510 g/mol. The molecule has 40 heavy (non-hydrogen) atoms. The van der Waals surface area contributed by atoms with Crippen LogP contribution in [0.5, 0.6) is 23.0 Å². The maximum atomic E-state index is 13.7. The lowest BCUT2D eigenvalue weighted by molar-refractivity contribution is -0.123. The molecule has 2 aromatic carbocycles. The maximum absolute atomic E-state index is 13.7. The molecule has 0 bridgehead atoms. The van der Waals surface area contributed by atoms with E-state index in [0.717, 1.165) is 37.3 Å². The molecule has 9 nitrogen and oxygen atoms in total. The fourth-order valence-corrected chi connectivity index (χ4v) is 5.12. The Bertz CT molecular complexity index is 1200. The van der Waals surface area contributed by atoms with Gasteiger partial charge in [0.2, 0.25) is 5.91 Å². The zero-order valence-electron chi connectivity index (χ0n) is 24.0. The van der Waals surface area contributed by atoms with Crippen molar-refractivity contribution in [2.24, 2.45) is 0 Å². The number of nitrogens with one attached hydrogen (secondary N) is 1. The van der Waals surface area contributed by atoms with Crippen molar-refractivity contribution in [2.45, 2.75) is 18.9 Å². The Morgan fingerprint density at radius 2 is 1.27 bits per heavy atom. The largest absolute Gasteiger partial charge is 0.493 e. The Morgan fingerprint density at radius 3 is 1.73 bits per heavy atom. The molecular formula is C31H39N3O6. The molecule has 2 aromatic rings. The van der Waals surface area contributed by atoms with Gasteiger partial charge < -0.3 is 29.2 Å². The lowest BCUT2D eigenvalue weighted by atomic mass is 9.83. The molecule has 4 rings (SSSR count). The van der Waals surface area contributed by atoms with Gasteiger partial charge in [-0.2, -0.15) is 0 Å². The fraction of sp³-hybridized carbons (Fsp3) is 0.419. The van der Waals surface area contributed by atoms with E-state index in [0.29, 0.717) is 53.5 Å². The summed E-state index contributed by atoms with van der Waals surface area (Å²) in [6.07, 6.45) is 4.60. The molecule has 1 amide bonds. The smallest absolute Gasteiger partial charge is 0.234 e. The summed E-state index contributed by atoms with van der Waals surface area (Å²) in [5.41, 5.74) is 2.87. The van der Waals surface area contributed by atoms with E-state index in [9.17, 15) is 9.59 Å². The van der Waals surface area contributed by atoms with Gasteiger partial charge in [-0.15, -0.1) is 0 Å². The van der Waals surface area contributed by atoms with Crippen LogP contribution >= 0.6 is 0 Å². The summed E-state index contributed by atoms with van der Waals surface area (Å²) in [6, 6.07) is 10.9. The molecule has 1 aliphatic heterocycles. The van der Waals surface area contributed by atoms with Crippen molar-refractivity contribution in [3.8, 4) is 23.0 Å². The van der Waals surface area contributed by atoms with E-state index in [2.05, 4.69) is 22.2 Å². The highest BCUT2D eigenvalue weighted by molar-refractivity contribution is 6.14. The predicted molar refractivity (Wildman–Crippen MR) is 155 cm³/mol. The zero-order valence-corrected chi connectivity index (χ0v) is 24.0. The highest BCUT2D eigenvalue weighted by Crippen LogP contribution is 2.33. The quantitative estimate of drug-likeness (QED) is 0.477. The van der Waals surface area contributed by atoms with Gasteiger partial charge in [-0.25, -0.2) is 0 Å². The number of nitrogens with zero attached hydrogens (tertiary/aromatic N) is 2. The van der Waals surface area contributed by atoms with Gasteiger partial charge in [-0.1, -0.05) is 12.1 Å². The lowest BCUT2D eigenvalue weighted by Crippen LogP contribution is -2.50. The predicted octanol–water partition coefficient (Wildman–Crippen LogP) is 3.28. The highest BCUT2D eigenvalue weighted by atomic mass is 16.5. The zero-order chi connectivity index (χ0) is 28.6. The molecule has 2 fully saturated rings. The first kappa shape index (κ1) is 29.2. The molecule has 1 heterocycles. The molecule has 1 saturated carbocycles.